The maximum atomic E-state index is 12.2. The Balaban J connectivity index is 1.90. The molecule has 0 aliphatic carbocycles. The van der Waals surface area contributed by atoms with Crippen LogP contribution in [0.15, 0.2) is 16.8 Å². The zero-order valence-corrected chi connectivity index (χ0v) is 13.1. The predicted octanol–water partition coefficient (Wildman–Crippen LogP) is 2.42. The Morgan fingerprint density at radius 2 is 2.37 bits per heavy atom. The zero-order chi connectivity index (χ0) is 13.9. The summed E-state index contributed by atoms with van der Waals surface area (Å²) in [6.45, 7) is 5.90. The molecule has 1 N–H and O–H groups in total. The largest absolute Gasteiger partial charge is 0.279 e. The average molecular weight is 302 g/mol. The third-order valence-electron chi connectivity index (χ3n) is 3.64. The Hall–Kier alpha value is -0.430. The van der Waals surface area contributed by atoms with Gasteiger partial charge in [0.1, 0.15) is 0 Å². The van der Waals surface area contributed by atoms with E-state index in [4.69, 9.17) is 0 Å². The number of rotatable bonds is 5. The van der Waals surface area contributed by atoms with Gasteiger partial charge in [-0.05, 0) is 47.1 Å². The van der Waals surface area contributed by atoms with Gasteiger partial charge in [-0.1, -0.05) is 13.8 Å². The van der Waals surface area contributed by atoms with Crippen LogP contribution in [-0.4, -0.2) is 32.4 Å². The van der Waals surface area contributed by atoms with E-state index in [9.17, 15) is 8.42 Å². The van der Waals surface area contributed by atoms with Crippen LogP contribution < -0.4 is 4.72 Å². The second kappa shape index (κ2) is 6.35. The van der Waals surface area contributed by atoms with Crippen LogP contribution in [-0.2, 0) is 10.2 Å². The molecule has 2 heterocycles. The normalized spacial score (nSPS) is 23.4. The van der Waals surface area contributed by atoms with Gasteiger partial charge in [0.2, 0.25) is 0 Å². The first-order chi connectivity index (χ1) is 8.99. The quantitative estimate of drug-likeness (QED) is 0.908. The van der Waals surface area contributed by atoms with Crippen molar-refractivity contribution in [2.75, 3.05) is 19.6 Å². The molecule has 0 bridgehead atoms. The molecule has 2 unspecified atom stereocenters. The lowest BCUT2D eigenvalue weighted by Gasteiger charge is -2.30. The van der Waals surface area contributed by atoms with E-state index in [-0.39, 0.29) is 5.92 Å². The highest BCUT2D eigenvalue weighted by atomic mass is 32.2. The van der Waals surface area contributed by atoms with E-state index in [0.717, 1.165) is 12.8 Å². The summed E-state index contributed by atoms with van der Waals surface area (Å²) in [5.74, 6) is 0.669. The molecule has 4 nitrogen and oxygen atoms in total. The highest BCUT2D eigenvalue weighted by molar-refractivity contribution is 7.87. The summed E-state index contributed by atoms with van der Waals surface area (Å²) in [7, 11) is -3.32. The monoisotopic (exact) mass is 302 g/mol. The Bertz CT molecular complexity index is 485. The summed E-state index contributed by atoms with van der Waals surface area (Å²) < 4.78 is 28.8. The van der Waals surface area contributed by atoms with Crippen molar-refractivity contribution in [1.82, 2.24) is 9.03 Å². The van der Waals surface area contributed by atoms with Crippen molar-refractivity contribution < 1.29 is 8.42 Å². The van der Waals surface area contributed by atoms with E-state index >= 15 is 0 Å². The van der Waals surface area contributed by atoms with Gasteiger partial charge in [-0.2, -0.15) is 24.1 Å². The first-order valence-electron chi connectivity index (χ1n) is 6.76. The van der Waals surface area contributed by atoms with Crippen molar-refractivity contribution in [2.45, 2.75) is 32.6 Å². The van der Waals surface area contributed by atoms with Gasteiger partial charge in [-0.25, -0.2) is 4.72 Å². The highest BCUT2D eigenvalue weighted by Gasteiger charge is 2.27. The summed E-state index contributed by atoms with van der Waals surface area (Å²) >= 11 is 1.64. The first kappa shape index (κ1) is 15.0. The maximum absolute atomic E-state index is 12.2. The molecule has 1 fully saturated rings. The SMILES string of the molecule is CC1CCCN(S(=O)(=O)NCC(C)c2ccsc2)C1. The summed E-state index contributed by atoms with van der Waals surface area (Å²) in [4.78, 5) is 0. The molecule has 0 radical (unpaired) electrons. The van der Waals surface area contributed by atoms with Crippen molar-refractivity contribution >= 4 is 21.5 Å². The molecule has 0 amide bonds. The molecule has 1 aromatic rings. The van der Waals surface area contributed by atoms with E-state index in [1.807, 2.05) is 18.4 Å². The summed E-state index contributed by atoms with van der Waals surface area (Å²) in [6, 6.07) is 2.05. The molecule has 19 heavy (non-hydrogen) atoms. The van der Waals surface area contributed by atoms with Crippen LogP contribution in [0.5, 0.6) is 0 Å². The molecule has 0 saturated carbocycles. The molecule has 2 atom stereocenters. The van der Waals surface area contributed by atoms with Gasteiger partial charge in [0.15, 0.2) is 0 Å². The number of hydrogen-bond acceptors (Lipinski definition) is 3. The standard InChI is InChI=1S/C13H22N2O2S2/c1-11-4-3-6-15(9-11)19(16,17)14-8-12(2)13-5-7-18-10-13/h5,7,10-12,14H,3-4,6,8-9H2,1-2H3. The third kappa shape index (κ3) is 4.02. The summed E-state index contributed by atoms with van der Waals surface area (Å²) in [5.41, 5.74) is 1.19. The number of thiophene rings is 1. The Morgan fingerprint density at radius 1 is 1.58 bits per heavy atom. The number of nitrogens with zero attached hydrogens (tertiary/aromatic N) is 1. The lowest BCUT2D eigenvalue weighted by Crippen LogP contribution is -2.46. The minimum absolute atomic E-state index is 0.211. The van der Waals surface area contributed by atoms with Gasteiger partial charge in [0.05, 0.1) is 0 Å². The Kier molecular flexibility index (Phi) is 5.00. The zero-order valence-electron chi connectivity index (χ0n) is 11.5. The molecule has 0 spiro atoms. The van der Waals surface area contributed by atoms with Crippen LogP contribution in [0.25, 0.3) is 0 Å². The fourth-order valence-corrected chi connectivity index (χ4v) is 4.61. The molecular formula is C13H22N2O2S2. The molecule has 1 aromatic heterocycles. The summed E-state index contributed by atoms with van der Waals surface area (Å²) in [5, 5.41) is 4.09. The van der Waals surface area contributed by atoms with Crippen LogP contribution in [0.1, 0.15) is 38.2 Å². The molecule has 1 aliphatic rings. The Labute approximate surface area is 120 Å². The van der Waals surface area contributed by atoms with Crippen LogP contribution >= 0.6 is 11.3 Å². The molecule has 2 rings (SSSR count). The van der Waals surface area contributed by atoms with Gasteiger partial charge < -0.3 is 0 Å². The van der Waals surface area contributed by atoms with Crippen molar-refractivity contribution in [1.29, 1.82) is 0 Å². The Morgan fingerprint density at radius 3 is 3.00 bits per heavy atom. The van der Waals surface area contributed by atoms with Crippen molar-refractivity contribution in [3.63, 3.8) is 0 Å². The summed E-state index contributed by atoms with van der Waals surface area (Å²) in [6.07, 6.45) is 2.08. The topological polar surface area (TPSA) is 49.4 Å². The molecule has 1 aliphatic heterocycles. The smallest absolute Gasteiger partial charge is 0.202 e. The lowest BCUT2D eigenvalue weighted by molar-refractivity contribution is 0.278. The van der Waals surface area contributed by atoms with Gasteiger partial charge in [0.25, 0.3) is 10.2 Å². The molecule has 108 valence electrons. The molecule has 0 aromatic carbocycles. The van der Waals surface area contributed by atoms with E-state index in [1.54, 1.807) is 15.6 Å². The second-order valence-corrected chi connectivity index (χ2v) is 7.95. The van der Waals surface area contributed by atoms with Crippen molar-refractivity contribution in [3.8, 4) is 0 Å². The highest BCUT2D eigenvalue weighted by Crippen LogP contribution is 2.20. The van der Waals surface area contributed by atoms with E-state index in [0.29, 0.717) is 25.6 Å². The predicted molar refractivity (Wildman–Crippen MR) is 79.6 cm³/mol. The molecular weight excluding hydrogens is 280 g/mol. The maximum Gasteiger partial charge on any atom is 0.279 e. The first-order valence-corrected chi connectivity index (χ1v) is 9.14. The lowest BCUT2D eigenvalue weighted by atomic mass is 10.0. The third-order valence-corrected chi connectivity index (χ3v) is 5.89. The fourth-order valence-electron chi connectivity index (χ4n) is 2.36. The van der Waals surface area contributed by atoms with Crippen LogP contribution in [0, 0.1) is 5.92 Å². The average Bonchev–Trinajstić information content (AvgIpc) is 2.90. The van der Waals surface area contributed by atoms with Crippen LogP contribution in [0.2, 0.25) is 0 Å². The number of piperidine rings is 1. The van der Waals surface area contributed by atoms with Crippen molar-refractivity contribution in [3.05, 3.63) is 22.4 Å². The number of nitrogens with one attached hydrogen (secondary N) is 1. The van der Waals surface area contributed by atoms with Crippen LogP contribution in [0.4, 0.5) is 0 Å². The molecule has 1 saturated heterocycles. The van der Waals surface area contributed by atoms with Crippen LogP contribution in [0.3, 0.4) is 0 Å². The minimum atomic E-state index is -3.32. The van der Waals surface area contributed by atoms with E-state index in [2.05, 4.69) is 17.0 Å². The molecule has 6 heteroatoms. The van der Waals surface area contributed by atoms with Gasteiger partial charge in [-0.15, -0.1) is 0 Å². The minimum Gasteiger partial charge on any atom is -0.202 e. The van der Waals surface area contributed by atoms with Gasteiger partial charge in [0, 0.05) is 19.6 Å². The fraction of sp³-hybridized carbons (Fsp3) is 0.692. The van der Waals surface area contributed by atoms with Gasteiger partial charge >= 0.3 is 0 Å². The second-order valence-electron chi connectivity index (χ2n) is 5.42. The van der Waals surface area contributed by atoms with E-state index in [1.165, 1.54) is 5.56 Å². The van der Waals surface area contributed by atoms with Gasteiger partial charge in [-0.3, -0.25) is 0 Å². The number of hydrogen-bond donors (Lipinski definition) is 1. The van der Waals surface area contributed by atoms with E-state index < -0.39 is 10.2 Å². The van der Waals surface area contributed by atoms with Crippen molar-refractivity contribution in [2.24, 2.45) is 5.92 Å².